The van der Waals surface area contributed by atoms with Gasteiger partial charge in [-0.2, -0.15) is 83.4 Å². The predicted octanol–water partition coefficient (Wildman–Crippen LogP) is 6.88. The van der Waals surface area contributed by atoms with Crippen LogP contribution in [0, 0.1) is 0 Å². The van der Waals surface area contributed by atoms with E-state index in [1.807, 2.05) is 0 Å². The molecule has 1 aliphatic carbocycles. The summed E-state index contributed by atoms with van der Waals surface area (Å²) in [4.78, 5) is 0. The number of nitrogens with zero attached hydrogens (tertiary/aromatic N) is 1. The molecule has 0 unspecified atom stereocenters. The normalized spacial score (nSPS) is 39.4. The first kappa shape index (κ1) is 30.6. The molecule has 0 bridgehead atoms. The van der Waals surface area contributed by atoms with Crippen LogP contribution in [-0.2, 0) is 0 Å². The summed E-state index contributed by atoms with van der Waals surface area (Å²) in [7, 11) is 0. The molecule has 0 aromatic rings. The van der Waals surface area contributed by atoms with Gasteiger partial charge in [0.15, 0.2) is 0 Å². The minimum atomic E-state index is -9.69. The number of piperidine rings is 1. The average molecular weight is 595 g/mol. The van der Waals surface area contributed by atoms with Crippen LogP contribution in [0.5, 0.6) is 0 Å². The third-order valence-corrected chi connectivity index (χ3v) is 5.50. The van der Waals surface area contributed by atoms with Crippen LogP contribution >= 0.6 is 0 Å². The summed E-state index contributed by atoms with van der Waals surface area (Å²) in [6, 6.07) is -16.6. The van der Waals surface area contributed by atoms with E-state index in [4.69, 9.17) is 0 Å². The summed E-state index contributed by atoms with van der Waals surface area (Å²) in [5.41, 5.74) is -28.2. The number of rotatable bonds is 1. The van der Waals surface area contributed by atoms with Crippen molar-refractivity contribution in [2.24, 2.45) is 0 Å². The van der Waals surface area contributed by atoms with Gasteiger partial charge in [0, 0.05) is 0 Å². The minimum absolute atomic E-state index is 4.48. The summed E-state index contributed by atoms with van der Waals surface area (Å²) in [6.07, 6.45) is -8.49. The Morgan fingerprint density at radius 1 is 0.361 bits per heavy atom. The molecule has 1 aliphatic heterocycles. The second-order valence-electron chi connectivity index (χ2n) is 7.28. The number of hydrogen-bond acceptors (Lipinski definition) is 1. The summed E-state index contributed by atoms with van der Waals surface area (Å²) in [6.45, 7) is 0. The van der Waals surface area contributed by atoms with Gasteiger partial charge in [-0.3, -0.25) is 0 Å². The zero-order chi connectivity index (χ0) is 29.6. The molecule has 24 heteroatoms. The van der Waals surface area contributed by atoms with Crippen molar-refractivity contribution < 1.29 is 101 Å². The molecule has 0 N–H and O–H groups in total. The zero-order valence-electron chi connectivity index (χ0n) is 15.1. The second-order valence-corrected chi connectivity index (χ2v) is 7.28. The molecule has 1 nitrogen and oxygen atoms in total. The molecule has 0 spiro atoms. The van der Waals surface area contributed by atoms with Gasteiger partial charge in [0.2, 0.25) is 0 Å². The topological polar surface area (TPSA) is 3.24 Å². The van der Waals surface area contributed by atoms with Crippen molar-refractivity contribution in [1.82, 2.24) is 5.12 Å². The van der Waals surface area contributed by atoms with E-state index >= 15 is 0 Å². The van der Waals surface area contributed by atoms with Crippen LogP contribution in [0.1, 0.15) is 0 Å². The molecule has 0 radical (unpaired) electrons. The largest absolute Gasteiger partial charge is 0.435 e. The fraction of sp³-hybridized carbons (Fsp3) is 1.00. The molecular formula is C12F23N. The van der Waals surface area contributed by atoms with Gasteiger partial charge in [0.1, 0.15) is 0 Å². The lowest BCUT2D eigenvalue weighted by Gasteiger charge is -2.62. The van der Waals surface area contributed by atoms with Crippen molar-refractivity contribution in [1.29, 1.82) is 0 Å². The molecule has 1 heterocycles. The molecule has 2 aliphatic rings. The molecule has 36 heavy (non-hydrogen) atoms. The maximum Gasteiger partial charge on any atom is 0.435 e. The van der Waals surface area contributed by atoms with Gasteiger partial charge >= 0.3 is 59.5 Å². The smallest absolute Gasteiger partial charge is 0.226 e. The van der Waals surface area contributed by atoms with E-state index in [0.717, 1.165) is 0 Å². The van der Waals surface area contributed by atoms with Crippen LogP contribution in [0.3, 0.4) is 0 Å². The monoisotopic (exact) mass is 595 g/mol. The van der Waals surface area contributed by atoms with Gasteiger partial charge in [0.05, 0.1) is 0 Å². The lowest BCUT2D eigenvalue weighted by Crippen LogP contribution is -2.97. The molecule has 0 aromatic carbocycles. The highest BCUT2D eigenvalue weighted by Gasteiger charge is 3.13. The van der Waals surface area contributed by atoms with Gasteiger partial charge in [0.25, 0.3) is 11.3 Å². The molecule has 2 rings (SSSR count). The summed E-state index contributed by atoms with van der Waals surface area (Å²) in [5.74, 6) is -55.0. The van der Waals surface area contributed by atoms with Gasteiger partial charge in [-0.25, -0.2) is 13.2 Å². The lowest BCUT2D eigenvalue weighted by molar-refractivity contribution is -0.570. The van der Waals surface area contributed by atoms with Gasteiger partial charge in [-0.1, -0.05) is 0 Å². The third kappa shape index (κ3) is 2.27. The summed E-state index contributed by atoms with van der Waals surface area (Å²) >= 11 is 0. The van der Waals surface area contributed by atoms with Gasteiger partial charge in [-0.05, 0) is 5.12 Å². The van der Waals surface area contributed by atoms with Crippen molar-refractivity contribution in [3.63, 3.8) is 0 Å². The number of hydrogen-bond donors (Lipinski definition) is 0. The Kier molecular flexibility index (Phi) is 5.51. The van der Waals surface area contributed by atoms with E-state index in [0.29, 0.717) is 0 Å². The molecule has 0 atom stereocenters. The Bertz CT molecular complexity index is 870. The van der Waals surface area contributed by atoms with Crippen LogP contribution in [0.15, 0.2) is 0 Å². The Balaban J connectivity index is 3.29. The predicted molar refractivity (Wildman–Crippen MR) is 60.1 cm³/mol. The summed E-state index contributed by atoms with van der Waals surface area (Å²) in [5, 5.41) is -4.48. The maximum atomic E-state index is 14.8. The van der Waals surface area contributed by atoms with Gasteiger partial charge < -0.3 is 0 Å². The molecule has 1 saturated heterocycles. The van der Waals surface area contributed by atoms with E-state index in [1.165, 1.54) is 0 Å². The average Bonchev–Trinajstić information content (AvgIpc) is 2.67. The molecule has 1 saturated carbocycles. The molecule has 2 fully saturated rings. The van der Waals surface area contributed by atoms with Crippen LogP contribution in [0.2, 0.25) is 0 Å². The molecular weight excluding hydrogens is 595 g/mol. The first-order valence-corrected chi connectivity index (χ1v) is 7.77. The van der Waals surface area contributed by atoms with Crippen LogP contribution in [-0.4, -0.2) is 75.9 Å². The fourth-order valence-corrected chi connectivity index (χ4v) is 3.52. The summed E-state index contributed by atoms with van der Waals surface area (Å²) < 4.78 is 314. The molecule has 0 amide bonds. The van der Waals surface area contributed by atoms with E-state index in [2.05, 4.69) is 0 Å². The highest BCUT2D eigenvalue weighted by molar-refractivity contribution is 5.40. The number of alkyl halides is 22. The Morgan fingerprint density at radius 3 is 0.806 bits per heavy atom. The van der Waals surface area contributed by atoms with Crippen molar-refractivity contribution in [3.05, 3.63) is 0 Å². The van der Waals surface area contributed by atoms with Crippen molar-refractivity contribution in [3.8, 4) is 0 Å². The zero-order valence-corrected chi connectivity index (χ0v) is 15.1. The standard InChI is InChI=1S/C12F23N/c13-1(2(14)8(24,25)11(31,32)36(35)12(33,34)9(2,26)27)4(16,17)6(20,21)3(15,10(28,29)30)7(22,23)5(1,18)19. The van der Waals surface area contributed by atoms with E-state index in [9.17, 15) is 101 Å². The highest BCUT2D eigenvalue weighted by Crippen LogP contribution is 2.79. The van der Waals surface area contributed by atoms with Crippen molar-refractivity contribution >= 4 is 0 Å². The first-order valence-electron chi connectivity index (χ1n) is 7.77. The van der Waals surface area contributed by atoms with Crippen LogP contribution < -0.4 is 0 Å². The van der Waals surface area contributed by atoms with E-state index in [-0.39, 0.29) is 0 Å². The highest BCUT2D eigenvalue weighted by atomic mass is 19.4. The minimum Gasteiger partial charge on any atom is -0.226 e. The Morgan fingerprint density at radius 2 is 0.583 bits per heavy atom. The van der Waals surface area contributed by atoms with E-state index in [1.54, 1.807) is 0 Å². The molecule has 214 valence electrons. The first-order chi connectivity index (χ1) is 15.2. The maximum absolute atomic E-state index is 14.8. The Hall–Kier alpha value is -1.65. The van der Waals surface area contributed by atoms with Gasteiger partial charge in [-0.15, -0.1) is 4.48 Å². The van der Waals surface area contributed by atoms with Crippen molar-refractivity contribution in [2.45, 2.75) is 70.8 Å². The SMILES string of the molecule is FN1C(F)(F)C(F)(F)C(F)(C2(F)C(F)(F)C(F)(F)C(F)(C(F)(F)F)C(F)(F)C2(F)F)C(F)(F)C1(F)F. The lowest BCUT2D eigenvalue weighted by atomic mass is 9.57. The van der Waals surface area contributed by atoms with Crippen LogP contribution in [0.4, 0.5) is 101 Å². The second kappa shape index (κ2) is 6.49. The van der Waals surface area contributed by atoms with Crippen molar-refractivity contribution in [2.75, 3.05) is 0 Å². The molecule has 0 aromatic heterocycles. The Labute approximate surface area is 178 Å². The van der Waals surface area contributed by atoms with E-state index < -0.39 is 75.9 Å². The fourth-order valence-electron chi connectivity index (χ4n) is 3.52. The third-order valence-electron chi connectivity index (χ3n) is 5.50. The number of halogens is 23. The quantitative estimate of drug-likeness (QED) is 0.182. The van der Waals surface area contributed by atoms with Crippen LogP contribution in [0.25, 0.3) is 0 Å².